The van der Waals surface area contributed by atoms with Crippen molar-refractivity contribution < 1.29 is 27.5 Å². The summed E-state index contributed by atoms with van der Waals surface area (Å²) in [5, 5.41) is 11.6. The molecule has 3 rings (SSSR count). The molecule has 0 spiro atoms. The molecule has 1 aromatic rings. The van der Waals surface area contributed by atoms with E-state index in [9.17, 15) is 14.7 Å². The fraction of sp³-hybridized carbons (Fsp3) is 0.852. The number of hydrogen-bond donors (Lipinski definition) is 1. The lowest BCUT2D eigenvalue weighted by atomic mass is 10.1. The van der Waals surface area contributed by atoms with Crippen molar-refractivity contribution in [2.45, 2.75) is 135 Å². The highest BCUT2D eigenvalue weighted by Crippen LogP contribution is 2.48. The van der Waals surface area contributed by atoms with Gasteiger partial charge < -0.3 is 27.5 Å². The summed E-state index contributed by atoms with van der Waals surface area (Å²) < 4.78 is 35.2. The molecule has 0 bridgehead atoms. The zero-order valence-electron chi connectivity index (χ0n) is 26.3. The quantitative estimate of drug-likeness (QED) is 0.302. The maximum absolute atomic E-state index is 13.5. The Morgan fingerprint density at radius 3 is 2.10 bits per heavy atom. The van der Waals surface area contributed by atoms with E-state index in [1.54, 1.807) is 0 Å². The Morgan fingerprint density at radius 1 is 1.00 bits per heavy atom. The fourth-order valence-corrected chi connectivity index (χ4v) is 17.7. The summed E-state index contributed by atoms with van der Waals surface area (Å²) in [5.41, 5.74) is -0.541. The van der Waals surface area contributed by atoms with Crippen LogP contribution in [0.4, 0.5) is 0 Å². The van der Waals surface area contributed by atoms with Crippen LogP contribution in [0.2, 0.25) is 47.8 Å². The molecule has 0 aromatic carbocycles. The van der Waals surface area contributed by atoms with Crippen LogP contribution < -0.4 is 11.2 Å². The first-order chi connectivity index (χ1) is 18.5. The van der Waals surface area contributed by atoms with Crippen LogP contribution in [-0.4, -0.2) is 71.0 Å². The minimum absolute atomic E-state index is 0.0865. The Bertz CT molecular complexity index is 1100. The Hall–Kier alpha value is -0.909. The number of hydrogen-bond acceptors (Lipinski definition) is 8. The second-order valence-electron chi connectivity index (χ2n) is 13.7. The van der Waals surface area contributed by atoms with E-state index in [4.69, 9.17) is 22.4 Å². The first kappa shape index (κ1) is 33.6. The molecule has 3 heterocycles. The number of aromatic nitrogens is 2. The van der Waals surface area contributed by atoms with Gasteiger partial charge in [-0.1, -0.05) is 75.0 Å². The van der Waals surface area contributed by atoms with Crippen LogP contribution in [0.1, 0.15) is 61.6 Å². The normalized spacial score (nSPS) is 26.9. The lowest BCUT2D eigenvalue weighted by molar-refractivity contribution is -0.0612. The van der Waals surface area contributed by atoms with E-state index < -0.39 is 61.0 Å². The molecule has 1 N–H and O–H groups in total. The Balaban J connectivity index is 1.98. The third-order valence-electron chi connectivity index (χ3n) is 8.23. The van der Waals surface area contributed by atoms with Gasteiger partial charge in [0.15, 0.2) is 6.23 Å². The van der Waals surface area contributed by atoms with Crippen molar-refractivity contribution in [3.05, 3.63) is 33.1 Å². The Labute approximate surface area is 242 Å². The number of fused-ring (bicyclic) bond motifs is 1. The van der Waals surface area contributed by atoms with Crippen LogP contribution in [-0.2, 0) is 29.2 Å². The summed E-state index contributed by atoms with van der Waals surface area (Å²) in [5.74, 6) is 0. The molecule has 0 amide bonds. The highest BCUT2D eigenvalue weighted by atomic mass is 28.5. The smallest absolute Gasteiger partial charge is 0.335 e. The lowest BCUT2D eigenvalue weighted by Gasteiger charge is -2.51. The first-order valence-corrected chi connectivity index (χ1v) is 22.4. The zero-order valence-corrected chi connectivity index (χ0v) is 29.3. The molecular weight excluding hydrogens is 565 g/mol. The largest absolute Gasteiger partial charge is 0.414 e. The molecule has 1 unspecified atom stereocenters. The summed E-state index contributed by atoms with van der Waals surface area (Å²) in [6.45, 7) is 24.3. The molecule has 0 saturated carbocycles. The molecule has 2 saturated heterocycles. The standard InChI is InChI=1S/C27H52N2O8Si3/c1-18(2)39(19(3)4)34-16-22-25(36-40(37-39,20(5)6)21(7)8)24(31)26(35-22)28-13-12-23(30)29(27(28)32)17-33-14-15-38(9,10)11/h12-13,18-22,24-26,31H,14-17H2,1-11H3/t22-,24-,25-,26?/m1/s1. The molecule has 10 nitrogen and oxygen atoms in total. The van der Waals surface area contributed by atoms with E-state index in [1.165, 1.54) is 16.8 Å². The third kappa shape index (κ3) is 6.67. The fourth-order valence-electron chi connectivity index (χ4n) is 5.75. The van der Waals surface area contributed by atoms with Crippen LogP contribution in [0.3, 0.4) is 0 Å². The monoisotopic (exact) mass is 616 g/mol. The van der Waals surface area contributed by atoms with Crippen LogP contribution in [0.25, 0.3) is 0 Å². The van der Waals surface area contributed by atoms with Crippen molar-refractivity contribution in [1.29, 1.82) is 0 Å². The van der Waals surface area contributed by atoms with Crippen LogP contribution >= 0.6 is 0 Å². The summed E-state index contributed by atoms with van der Waals surface area (Å²) >= 11 is 0. The molecule has 230 valence electrons. The lowest BCUT2D eigenvalue weighted by Crippen LogP contribution is -2.65. The van der Waals surface area contributed by atoms with Gasteiger partial charge in [0.05, 0.1) is 6.61 Å². The van der Waals surface area contributed by atoms with Crippen molar-refractivity contribution in [2.75, 3.05) is 13.2 Å². The maximum atomic E-state index is 13.5. The average Bonchev–Trinajstić information content (AvgIpc) is 3.11. The molecule has 2 aliphatic heterocycles. The summed E-state index contributed by atoms with van der Waals surface area (Å²) in [6, 6.07) is 2.22. The van der Waals surface area contributed by atoms with Gasteiger partial charge in [-0.05, 0) is 28.2 Å². The van der Waals surface area contributed by atoms with Gasteiger partial charge in [-0.15, -0.1) is 0 Å². The average molecular weight is 617 g/mol. The van der Waals surface area contributed by atoms with Gasteiger partial charge >= 0.3 is 22.8 Å². The maximum Gasteiger partial charge on any atom is 0.335 e. The van der Waals surface area contributed by atoms with Crippen LogP contribution in [0.5, 0.6) is 0 Å². The van der Waals surface area contributed by atoms with Gasteiger partial charge in [0, 0.05) is 26.9 Å². The van der Waals surface area contributed by atoms with Gasteiger partial charge in [0.25, 0.3) is 5.56 Å². The second kappa shape index (κ2) is 12.8. The van der Waals surface area contributed by atoms with Crippen molar-refractivity contribution in [3.63, 3.8) is 0 Å². The summed E-state index contributed by atoms with van der Waals surface area (Å²) in [6.07, 6.45) is -2.17. The Kier molecular flexibility index (Phi) is 10.7. The molecule has 13 heteroatoms. The van der Waals surface area contributed by atoms with E-state index in [2.05, 4.69) is 75.0 Å². The molecule has 2 fully saturated rings. The number of rotatable bonds is 10. The highest BCUT2D eigenvalue weighted by molar-refractivity contribution is 6.84. The van der Waals surface area contributed by atoms with E-state index in [0.717, 1.165) is 10.6 Å². The van der Waals surface area contributed by atoms with Crippen molar-refractivity contribution >= 4 is 25.2 Å². The third-order valence-corrected chi connectivity index (χ3v) is 20.2. The predicted octanol–water partition coefficient (Wildman–Crippen LogP) is 4.54. The van der Waals surface area contributed by atoms with Gasteiger partial charge in [0.1, 0.15) is 25.0 Å². The van der Waals surface area contributed by atoms with Crippen LogP contribution in [0.15, 0.2) is 21.9 Å². The molecule has 2 aliphatic rings. The summed E-state index contributed by atoms with van der Waals surface area (Å²) in [4.78, 5) is 26.0. The Morgan fingerprint density at radius 2 is 1.57 bits per heavy atom. The van der Waals surface area contributed by atoms with Gasteiger partial charge in [-0.25, -0.2) is 9.36 Å². The van der Waals surface area contributed by atoms with E-state index in [1.807, 2.05) is 0 Å². The highest BCUT2D eigenvalue weighted by Gasteiger charge is 2.61. The van der Waals surface area contributed by atoms with Crippen molar-refractivity contribution in [3.8, 4) is 0 Å². The van der Waals surface area contributed by atoms with E-state index in [0.29, 0.717) is 6.61 Å². The number of aliphatic hydroxyl groups is 1. The van der Waals surface area contributed by atoms with Gasteiger partial charge in [-0.3, -0.25) is 9.36 Å². The molecule has 40 heavy (non-hydrogen) atoms. The molecule has 0 radical (unpaired) electrons. The minimum Gasteiger partial charge on any atom is -0.414 e. The predicted molar refractivity (Wildman–Crippen MR) is 163 cm³/mol. The zero-order chi connectivity index (χ0) is 30.2. The first-order valence-electron chi connectivity index (χ1n) is 14.7. The molecular formula is C27H52N2O8Si3. The minimum atomic E-state index is -2.97. The molecule has 4 atom stereocenters. The molecule has 1 aromatic heterocycles. The number of aliphatic hydroxyl groups excluding tert-OH is 1. The topological polar surface area (TPSA) is 110 Å². The summed E-state index contributed by atoms with van der Waals surface area (Å²) in [7, 11) is -7.07. The van der Waals surface area contributed by atoms with Crippen molar-refractivity contribution in [2.24, 2.45) is 0 Å². The van der Waals surface area contributed by atoms with E-state index in [-0.39, 0.29) is 35.5 Å². The van der Waals surface area contributed by atoms with E-state index >= 15 is 0 Å². The second-order valence-corrected chi connectivity index (χ2v) is 28.2. The van der Waals surface area contributed by atoms with Gasteiger partial charge in [0.2, 0.25) is 0 Å². The van der Waals surface area contributed by atoms with Crippen molar-refractivity contribution in [1.82, 2.24) is 9.13 Å². The number of ether oxygens (including phenoxy) is 2. The number of nitrogens with zero attached hydrogens (tertiary/aromatic N) is 2. The van der Waals surface area contributed by atoms with Gasteiger partial charge in [-0.2, -0.15) is 0 Å². The SMILES string of the molecule is CC(C)[Si]1(C(C)C)OC[C@H]2OC(n3ccc(=O)n(COCC[Si](C)(C)C)c3=O)[C@H](O)[C@@H]2O[Si](C(C)C)(C(C)C)O1. The molecule has 0 aliphatic carbocycles. The van der Waals surface area contributed by atoms with Crippen LogP contribution in [0, 0.1) is 0 Å².